The molecule has 0 heterocycles. The smallest absolute Gasteiger partial charge is 0.330 e. The van der Waals surface area contributed by atoms with Gasteiger partial charge < -0.3 is 15.4 Å². The molecule has 7 nitrogen and oxygen atoms in total. The monoisotopic (exact) mass is 301 g/mol. The van der Waals surface area contributed by atoms with Gasteiger partial charge in [-0.05, 0) is 24.6 Å². The minimum Gasteiger partial charge on any atom is -0.466 e. The molecule has 0 aliphatic carbocycles. The van der Waals surface area contributed by atoms with Crippen LogP contribution in [0, 0.1) is 18.3 Å². The third kappa shape index (κ3) is 4.18. The second kappa shape index (κ2) is 7.59. The Labute approximate surface area is 127 Å². The van der Waals surface area contributed by atoms with E-state index in [0.717, 1.165) is 12.2 Å². The maximum atomic E-state index is 11.9. The molecule has 1 aromatic rings. The van der Waals surface area contributed by atoms with E-state index >= 15 is 0 Å². The van der Waals surface area contributed by atoms with Crippen molar-refractivity contribution in [1.29, 1.82) is 5.26 Å². The first-order valence-corrected chi connectivity index (χ1v) is 6.26. The van der Waals surface area contributed by atoms with Gasteiger partial charge in [-0.3, -0.25) is 9.59 Å². The second-order valence-corrected chi connectivity index (χ2v) is 4.25. The Morgan fingerprint density at radius 2 is 1.95 bits per heavy atom. The highest BCUT2D eigenvalue weighted by atomic mass is 16.5. The van der Waals surface area contributed by atoms with Gasteiger partial charge in [-0.2, -0.15) is 5.26 Å². The molecule has 0 aliphatic heterocycles. The van der Waals surface area contributed by atoms with Crippen LogP contribution in [-0.4, -0.2) is 31.9 Å². The van der Waals surface area contributed by atoms with Crippen LogP contribution in [0.25, 0.3) is 0 Å². The van der Waals surface area contributed by atoms with E-state index in [2.05, 4.69) is 15.4 Å². The number of esters is 1. The zero-order valence-electron chi connectivity index (χ0n) is 12.4. The fourth-order valence-electron chi connectivity index (χ4n) is 1.71. The van der Waals surface area contributed by atoms with Crippen molar-refractivity contribution in [2.45, 2.75) is 6.92 Å². The number of hydrogen-bond acceptors (Lipinski definition) is 5. The number of carbonyl (C=O) groups excluding carboxylic acids is 3. The summed E-state index contributed by atoms with van der Waals surface area (Å²) in [6.45, 7) is 1.66. The number of anilines is 1. The first-order valence-electron chi connectivity index (χ1n) is 6.26. The second-order valence-electron chi connectivity index (χ2n) is 4.25. The summed E-state index contributed by atoms with van der Waals surface area (Å²) in [6, 6.07) is 4.88. The van der Waals surface area contributed by atoms with E-state index in [1.165, 1.54) is 20.2 Å². The van der Waals surface area contributed by atoms with E-state index in [4.69, 9.17) is 5.26 Å². The van der Waals surface area contributed by atoms with E-state index in [9.17, 15) is 14.4 Å². The third-order valence-electron chi connectivity index (χ3n) is 2.76. The van der Waals surface area contributed by atoms with Gasteiger partial charge in [0.05, 0.1) is 30.0 Å². The molecule has 0 aliphatic rings. The highest BCUT2D eigenvalue weighted by Gasteiger charge is 2.15. The van der Waals surface area contributed by atoms with Crippen LogP contribution in [0.3, 0.4) is 0 Å². The normalized spacial score (nSPS) is 9.91. The summed E-state index contributed by atoms with van der Waals surface area (Å²) in [5, 5.41) is 13.9. The third-order valence-corrected chi connectivity index (χ3v) is 2.76. The molecule has 0 unspecified atom stereocenters. The number of nitriles is 1. The molecule has 1 rings (SSSR count). The number of benzene rings is 1. The summed E-state index contributed by atoms with van der Waals surface area (Å²) in [6.07, 6.45) is 1.96. The van der Waals surface area contributed by atoms with Crippen LogP contribution in [0.5, 0.6) is 0 Å². The van der Waals surface area contributed by atoms with Gasteiger partial charge in [-0.1, -0.05) is 0 Å². The lowest BCUT2D eigenvalue weighted by molar-refractivity contribution is -0.135. The number of aryl methyl sites for hydroxylation is 1. The number of rotatable bonds is 4. The fourth-order valence-corrected chi connectivity index (χ4v) is 1.71. The van der Waals surface area contributed by atoms with Gasteiger partial charge in [-0.25, -0.2) is 4.79 Å². The predicted octanol–water partition coefficient (Wildman–Crippen LogP) is 0.894. The van der Waals surface area contributed by atoms with Crippen LogP contribution >= 0.6 is 0 Å². The number of hydrogen-bond donors (Lipinski definition) is 2. The highest BCUT2D eigenvalue weighted by molar-refractivity contribution is 6.08. The van der Waals surface area contributed by atoms with E-state index < -0.39 is 17.8 Å². The van der Waals surface area contributed by atoms with Crippen molar-refractivity contribution in [2.24, 2.45) is 0 Å². The van der Waals surface area contributed by atoms with Crippen molar-refractivity contribution in [2.75, 3.05) is 19.5 Å². The Balaban J connectivity index is 3.16. The van der Waals surface area contributed by atoms with Crippen molar-refractivity contribution >= 4 is 23.5 Å². The molecule has 0 atom stereocenters. The van der Waals surface area contributed by atoms with Crippen molar-refractivity contribution in [3.63, 3.8) is 0 Å². The quantitative estimate of drug-likeness (QED) is 0.634. The van der Waals surface area contributed by atoms with Crippen molar-refractivity contribution in [3.05, 3.63) is 41.0 Å². The summed E-state index contributed by atoms with van der Waals surface area (Å²) in [5.41, 5.74) is 1.30. The zero-order chi connectivity index (χ0) is 16.7. The molecule has 0 saturated carbocycles. The van der Waals surface area contributed by atoms with Gasteiger partial charge in [-0.15, -0.1) is 0 Å². The van der Waals surface area contributed by atoms with E-state index in [1.54, 1.807) is 13.0 Å². The van der Waals surface area contributed by atoms with Gasteiger partial charge in [0.15, 0.2) is 0 Å². The lowest BCUT2D eigenvalue weighted by Crippen LogP contribution is -2.22. The number of nitrogens with one attached hydrogen (secondary N) is 2. The van der Waals surface area contributed by atoms with Gasteiger partial charge in [0, 0.05) is 19.2 Å². The highest BCUT2D eigenvalue weighted by Crippen LogP contribution is 2.23. The number of amides is 2. The predicted molar refractivity (Wildman–Crippen MR) is 79.1 cm³/mol. The van der Waals surface area contributed by atoms with Crippen LogP contribution in [0.4, 0.5) is 5.69 Å². The molecule has 0 aromatic heterocycles. The summed E-state index contributed by atoms with van der Waals surface area (Å²) in [4.78, 5) is 34.6. The lowest BCUT2D eigenvalue weighted by Gasteiger charge is -2.12. The van der Waals surface area contributed by atoms with Crippen molar-refractivity contribution in [1.82, 2.24) is 5.32 Å². The molecule has 22 heavy (non-hydrogen) atoms. The SMILES string of the molecule is CNC(=O)c1cc(C#N)cc(C)c1NC(=O)C=CC(=O)OC. The van der Waals surface area contributed by atoms with Gasteiger partial charge >= 0.3 is 5.97 Å². The summed E-state index contributed by atoms with van der Waals surface area (Å²) in [5.74, 6) is -1.70. The first kappa shape index (κ1) is 16.9. The van der Waals surface area contributed by atoms with E-state index in [0.29, 0.717) is 11.1 Å². The molecule has 7 heteroatoms. The Morgan fingerprint density at radius 3 is 2.50 bits per heavy atom. The molecule has 0 bridgehead atoms. The maximum absolute atomic E-state index is 11.9. The van der Waals surface area contributed by atoms with E-state index in [-0.39, 0.29) is 11.3 Å². The van der Waals surface area contributed by atoms with Crippen LogP contribution in [0.15, 0.2) is 24.3 Å². The molecular weight excluding hydrogens is 286 g/mol. The van der Waals surface area contributed by atoms with Crippen LogP contribution < -0.4 is 10.6 Å². The summed E-state index contributed by atoms with van der Waals surface area (Å²) in [7, 11) is 2.64. The number of ether oxygens (including phenoxy) is 1. The Morgan fingerprint density at radius 1 is 1.27 bits per heavy atom. The number of carbonyl (C=O) groups is 3. The number of nitrogens with zero attached hydrogens (tertiary/aromatic N) is 1. The fraction of sp³-hybridized carbons (Fsp3) is 0.200. The van der Waals surface area contributed by atoms with Crippen LogP contribution in [-0.2, 0) is 14.3 Å². The standard InChI is InChI=1S/C15H15N3O4/c1-9-6-10(8-16)7-11(15(21)17-2)14(9)18-12(19)4-5-13(20)22-3/h4-7H,1-3H3,(H,17,21)(H,18,19). The molecule has 0 saturated heterocycles. The zero-order valence-corrected chi connectivity index (χ0v) is 12.4. The van der Waals surface area contributed by atoms with Crippen LogP contribution in [0.2, 0.25) is 0 Å². The summed E-state index contributed by atoms with van der Waals surface area (Å²) < 4.78 is 4.38. The minimum atomic E-state index is -0.668. The van der Waals surface area contributed by atoms with Gasteiger partial charge in [0.25, 0.3) is 5.91 Å². The average Bonchev–Trinajstić information content (AvgIpc) is 2.53. The molecule has 0 radical (unpaired) electrons. The Hall–Kier alpha value is -3.14. The van der Waals surface area contributed by atoms with Gasteiger partial charge in [0.2, 0.25) is 5.91 Å². The Bertz CT molecular complexity index is 687. The molecule has 0 spiro atoms. The minimum absolute atomic E-state index is 0.166. The topological polar surface area (TPSA) is 108 Å². The lowest BCUT2D eigenvalue weighted by atomic mass is 10.0. The molecular formula is C15H15N3O4. The molecule has 2 amide bonds. The maximum Gasteiger partial charge on any atom is 0.330 e. The number of methoxy groups -OCH3 is 1. The van der Waals surface area contributed by atoms with Crippen molar-refractivity contribution < 1.29 is 19.1 Å². The average molecular weight is 301 g/mol. The molecule has 0 fully saturated rings. The van der Waals surface area contributed by atoms with E-state index in [1.807, 2.05) is 6.07 Å². The molecule has 1 aromatic carbocycles. The molecule has 114 valence electrons. The van der Waals surface area contributed by atoms with Gasteiger partial charge in [0.1, 0.15) is 0 Å². The van der Waals surface area contributed by atoms with Crippen molar-refractivity contribution in [3.8, 4) is 6.07 Å². The Kier molecular flexibility index (Phi) is 5.84. The molecule has 2 N–H and O–H groups in total. The largest absolute Gasteiger partial charge is 0.466 e. The summed E-state index contributed by atoms with van der Waals surface area (Å²) >= 11 is 0. The van der Waals surface area contributed by atoms with Crippen LogP contribution in [0.1, 0.15) is 21.5 Å². The first-order chi connectivity index (χ1) is 10.4.